The van der Waals surface area contributed by atoms with Crippen molar-refractivity contribution in [2.45, 2.75) is 33.0 Å². The number of amides is 1. The standard InChI is InChI=1S/C22H25N5O2/c1-22(2,3)19-13-26(12-18(29-19)16-8-5-4-6-9-16)21(28)17-10-7-11-20(25-17)27-14-23-24-15-27/h4-11,14-15,18-19H,12-13H2,1-3H3/t18-,19+/m0/s1. The zero-order valence-corrected chi connectivity index (χ0v) is 16.9. The monoisotopic (exact) mass is 391 g/mol. The molecule has 0 radical (unpaired) electrons. The minimum atomic E-state index is -0.167. The minimum Gasteiger partial charge on any atom is -0.366 e. The fourth-order valence-electron chi connectivity index (χ4n) is 3.42. The summed E-state index contributed by atoms with van der Waals surface area (Å²) in [5, 5.41) is 7.61. The van der Waals surface area contributed by atoms with Crippen molar-refractivity contribution in [2.24, 2.45) is 5.41 Å². The molecule has 150 valence electrons. The Morgan fingerprint density at radius 3 is 2.41 bits per heavy atom. The molecule has 0 unspecified atom stereocenters. The summed E-state index contributed by atoms with van der Waals surface area (Å²) in [7, 11) is 0. The van der Waals surface area contributed by atoms with Gasteiger partial charge in [-0.3, -0.25) is 9.36 Å². The van der Waals surface area contributed by atoms with Crippen molar-refractivity contribution < 1.29 is 9.53 Å². The lowest BCUT2D eigenvalue weighted by atomic mass is 9.87. The second-order valence-electron chi connectivity index (χ2n) is 8.35. The molecule has 3 heterocycles. The van der Waals surface area contributed by atoms with Crippen LogP contribution in [0.2, 0.25) is 0 Å². The first-order valence-electron chi connectivity index (χ1n) is 9.73. The summed E-state index contributed by atoms with van der Waals surface area (Å²) in [6.07, 6.45) is 2.88. The van der Waals surface area contributed by atoms with Crippen LogP contribution >= 0.6 is 0 Å². The highest BCUT2D eigenvalue weighted by atomic mass is 16.5. The molecule has 29 heavy (non-hydrogen) atoms. The Kier molecular flexibility index (Phi) is 5.15. The second-order valence-corrected chi connectivity index (χ2v) is 8.35. The van der Waals surface area contributed by atoms with Gasteiger partial charge in [-0.1, -0.05) is 57.2 Å². The summed E-state index contributed by atoms with van der Waals surface area (Å²) in [4.78, 5) is 19.7. The maximum absolute atomic E-state index is 13.3. The lowest BCUT2D eigenvalue weighted by Gasteiger charge is -2.43. The average molecular weight is 391 g/mol. The van der Waals surface area contributed by atoms with E-state index in [1.165, 1.54) is 0 Å². The van der Waals surface area contributed by atoms with Gasteiger partial charge < -0.3 is 9.64 Å². The van der Waals surface area contributed by atoms with Gasteiger partial charge in [0.15, 0.2) is 0 Å². The molecule has 1 aliphatic heterocycles. The molecule has 7 heteroatoms. The molecule has 0 aliphatic carbocycles. The third kappa shape index (κ3) is 4.19. The number of morpholine rings is 1. The molecule has 1 saturated heterocycles. The van der Waals surface area contributed by atoms with Crippen molar-refractivity contribution in [1.82, 2.24) is 24.6 Å². The number of ether oxygens (including phenoxy) is 1. The summed E-state index contributed by atoms with van der Waals surface area (Å²) in [6, 6.07) is 15.5. The van der Waals surface area contributed by atoms with Gasteiger partial charge in [-0.05, 0) is 23.1 Å². The van der Waals surface area contributed by atoms with Crippen molar-refractivity contribution in [3.8, 4) is 5.82 Å². The molecule has 1 aromatic carbocycles. The first-order chi connectivity index (χ1) is 13.9. The molecule has 0 bridgehead atoms. The number of benzene rings is 1. The summed E-state index contributed by atoms with van der Waals surface area (Å²) in [5.74, 6) is 0.513. The van der Waals surface area contributed by atoms with E-state index in [9.17, 15) is 4.79 Å². The maximum Gasteiger partial charge on any atom is 0.272 e. The molecule has 0 N–H and O–H groups in total. The van der Waals surface area contributed by atoms with E-state index >= 15 is 0 Å². The molecule has 0 spiro atoms. The van der Waals surface area contributed by atoms with Gasteiger partial charge in [-0.15, -0.1) is 10.2 Å². The molecule has 1 aliphatic rings. The van der Waals surface area contributed by atoms with E-state index in [-0.39, 0.29) is 23.5 Å². The molecule has 3 aromatic rings. The van der Waals surface area contributed by atoms with Crippen LogP contribution in [0.1, 0.15) is 42.9 Å². The van der Waals surface area contributed by atoms with Crippen LogP contribution in [0.3, 0.4) is 0 Å². The molecule has 4 rings (SSSR count). The summed E-state index contributed by atoms with van der Waals surface area (Å²) in [6.45, 7) is 7.44. The van der Waals surface area contributed by atoms with Crippen LogP contribution < -0.4 is 0 Å². The zero-order valence-electron chi connectivity index (χ0n) is 16.9. The van der Waals surface area contributed by atoms with Gasteiger partial charge >= 0.3 is 0 Å². The van der Waals surface area contributed by atoms with Crippen molar-refractivity contribution in [3.63, 3.8) is 0 Å². The SMILES string of the molecule is CC(C)(C)[C@H]1CN(C(=O)c2cccc(-n3cnnc3)n2)C[C@@H](c2ccccc2)O1. The molecule has 2 atom stereocenters. The van der Waals surface area contributed by atoms with Crippen LogP contribution in [-0.2, 0) is 4.74 Å². The topological polar surface area (TPSA) is 73.1 Å². The number of aromatic nitrogens is 4. The number of hydrogen-bond acceptors (Lipinski definition) is 5. The molecule has 1 fully saturated rings. The first-order valence-corrected chi connectivity index (χ1v) is 9.73. The highest BCUT2D eigenvalue weighted by molar-refractivity contribution is 5.92. The number of hydrogen-bond donors (Lipinski definition) is 0. The fraction of sp³-hybridized carbons (Fsp3) is 0.364. The van der Waals surface area contributed by atoms with E-state index in [0.29, 0.717) is 24.6 Å². The van der Waals surface area contributed by atoms with Crippen LogP contribution in [-0.4, -0.2) is 49.7 Å². The van der Waals surface area contributed by atoms with Gasteiger partial charge in [0.1, 0.15) is 30.3 Å². The number of pyridine rings is 1. The van der Waals surface area contributed by atoms with Crippen LogP contribution in [0.15, 0.2) is 61.2 Å². The third-order valence-electron chi connectivity index (χ3n) is 5.16. The zero-order chi connectivity index (χ0) is 20.4. The Hall–Kier alpha value is -3.06. The van der Waals surface area contributed by atoms with Crippen LogP contribution in [0, 0.1) is 5.41 Å². The van der Waals surface area contributed by atoms with Crippen molar-refractivity contribution >= 4 is 5.91 Å². The fourth-order valence-corrected chi connectivity index (χ4v) is 3.42. The van der Waals surface area contributed by atoms with Gasteiger partial charge in [0.25, 0.3) is 5.91 Å². The predicted molar refractivity (Wildman–Crippen MR) is 109 cm³/mol. The molecule has 1 amide bonds. The van der Waals surface area contributed by atoms with E-state index in [4.69, 9.17) is 4.74 Å². The van der Waals surface area contributed by atoms with E-state index in [2.05, 4.69) is 36.0 Å². The Labute approximate surface area is 170 Å². The van der Waals surface area contributed by atoms with Gasteiger partial charge in [0.05, 0.1) is 12.6 Å². The first kappa shape index (κ1) is 19.3. The number of nitrogens with zero attached hydrogens (tertiary/aromatic N) is 5. The Morgan fingerprint density at radius 1 is 1.00 bits per heavy atom. The van der Waals surface area contributed by atoms with Gasteiger partial charge in [0.2, 0.25) is 0 Å². The van der Waals surface area contributed by atoms with Crippen LogP contribution in [0.4, 0.5) is 0 Å². The molecule has 2 aromatic heterocycles. The van der Waals surface area contributed by atoms with Gasteiger partial charge in [-0.2, -0.15) is 0 Å². The maximum atomic E-state index is 13.3. The predicted octanol–water partition coefficient (Wildman–Crippen LogP) is 3.29. The Bertz CT molecular complexity index is 966. The molecular weight excluding hydrogens is 366 g/mol. The number of rotatable bonds is 3. The van der Waals surface area contributed by atoms with E-state index < -0.39 is 0 Å². The Morgan fingerprint density at radius 2 is 1.72 bits per heavy atom. The molecule has 7 nitrogen and oxygen atoms in total. The van der Waals surface area contributed by atoms with Crippen molar-refractivity contribution in [2.75, 3.05) is 13.1 Å². The highest BCUT2D eigenvalue weighted by Crippen LogP contribution is 2.33. The van der Waals surface area contributed by atoms with Crippen molar-refractivity contribution in [1.29, 1.82) is 0 Å². The van der Waals surface area contributed by atoms with E-state index in [0.717, 1.165) is 5.56 Å². The lowest BCUT2D eigenvalue weighted by molar-refractivity contribution is -0.119. The quantitative estimate of drug-likeness (QED) is 0.685. The molecular formula is C22H25N5O2. The van der Waals surface area contributed by atoms with E-state index in [1.54, 1.807) is 23.3 Å². The number of carbonyl (C=O) groups excluding carboxylic acids is 1. The van der Waals surface area contributed by atoms with E-state index in [1.807, 2.05) is 47.4 Å². The third-order valence-corrected chi connectivity index (χ3v) is 5.16. The van der Waals surface area contributed by atoms with Gasteiger partial charge in [0, 0.05) is 6.54 Å². The Balaban J connectivity index is 1.62. The minimum absolute atomic E-state index is 0.0774. The number of carbonyl (C=O) groups is 1. The normalized spacial score (nSPS) is 19.9. The smallest absolute Gasteiger partial charge is 0.272 e. The largest absolute Gasteiger partial charge is 0.366 e. The van der Waals surface area contributed by atoms with Crippen LogP contribution in [0.25, 0.3) is 5.82 Å². The summed E-state index contributed by atoms with van der Waals surface area (Å²) >= 11 is 0. The van der Waals surface area contributed by atoms with Crippen LogP contribution in [0.5, 0.6) is 0 Å². The summed E-state index contributed by atoms with van der Waals surface area (Å²) < 4.78 is 8.08. The second kappa shape index (κ2) is 7.75. The van der Waals surface area contributed by atoms with Gasteiger partial charge in [-0.25, -0.2) is 4.98 Å². The lowest BCUT2D eigenvalue weighted by Crippen LogP contribution is -2.51. The molecule has 0 saturated carbocycles. The summed E-state index contributed by atoms with van der Waals surface area (Å²) in [5.41, 5.74) is 1.38. The van der Waals surface area contributed by atoms with Crippen molar-refractivity contribution in [3.05, 3.63) is 72.4 Å². The highest BCUT2D eigenvalue weighted by Gasteiger charge is 2.38. The average Bonchev–Trinajstić information content (AvgIpc) is 3.28.